The molecule has 0 fully saturated rings. The summed E-state index contributed by atoms with van der Waals surface area (Å²) in [5.74, 6) is 0.672. The summed E-state index contributed by atoms with van der Waals surface area (Å²) in [4.78, 5) is 8.37. The van der Waals surface area contributed by atoms with Crippen LogP contribution in [0.25, 0.3) is 0 Å². The van der Waals surface area contributed by atoms with E-state index in [1.807, 2.05) is 44.4 Å². The van der Waals surface area contributed by atoms with Gasteiger partial charge in [0.25, 0.3) is 0 Å². The van der Waals surface area contributed by atoms with Gasteiger partial charge in [-0.1, -0.05) is 12.1 Å². The van der Waals surface area contributed by atoms with Crippen LogP contribution in [-0.2, 0) is 13.6 Å². The lowest BCUT2D eigenvalue weighted by Crippen LogP contribution is -2.39. The lowest BCUT2D eigenvalue weighted by molar-refractivity contribution is 0.461. The first-order valence-electron chi connectivity index (χ1n) is 8.50. The average Bonchev–Trinajstić information content (AvgIpc) is 3.00. The number of benzene rings is 1. The molecule has 0 aliphatic heterocycles. The normalized spacial score (nSPS) is 11.5. The fourth-order valence-electron chi connectivity index (χ4n) is 2.76. The van der Waals surface area contributed by atoms with Crippen LogP contribution < -0.4 is 10.2 Å². The van der Waals surface area contributed by atoms with E-state index in [1.165, 1.54) is 11.8 Å². The van der Waals surface area contributed by atoms with E-state index in [4.69, 9.17) is 0 Å². The Labute approximate surface area is 149 Å². The maximum Gasteiger partial charge on any atom is 0.193 e. The van der Waals surface area contributed by atoms with Gasteiger partial charge in [-0.25, -0.2) is 4.39 Å². The van der Waals surface area contributed by atoms with Crippen molar-refractivity contribution in [2.45, 2.75) is 13.0 Å². The van der Waals surface area contributed by atoms with Gasteiger partial charge in [-0.2, -0.15) is 0 Å². The van der Waals surface area contributed by atoms with E-state index in [1.54, 1.807) is 19.2 Å². The number of nitrogens with one attached hydrogen (secondary N) is 1. The highest BCUT2D eigenvalue weighted by Crippen LogP contribution is 2.16. The van der Waals surface area contributed by atoms with Crippen molar-refractivity contribution >= 4 is 11.6 Å². The minimum atomic E-state index is -0.184. The molecule has 0 amide bonds. The number of aromatic nitrogens is 1. The Balaban J connectivity index is 1.77. The van der Waals surface area contributed by atoms with E-state index in [0.717, 1.165) is 32.0 Å². The first-order chi connectivity index (χ1) is 12.0. The van der Waals surface area contributed by atoms with E-state index >= 15 is 0 Å². The first kappa shape index (κ1) is 18.8. The summed E-state index contributed by atoms with van der Waals surface area (Å²) in [5, 5.41) is 3.37. The Hall–Kier alpha value is -2.50. The quantitative estimate of drug-likeness (QED) is 0.476. The molecule has 0 aliphatic rings. The van der Waals surface area contributed by atoms with Crippen LogP contribution in [0.3, 0.4) is 0 Å². The van der Waals surface area contributed by atoms with E-state index in [0.29, 0.717) is 5.69 Å². The van der Waals surface area contributed by atoms with Crippen molar-refractivity contribution in [2.75, 3.05) is 39.1 Å². The number of aryl methyl sites for hydroxylation is 1. The minimum absolute atomic E-state index is 0.184. The van der Waals surface area contributed by atoms with Crippen molar-refractivity contribution in [3.05, 3.63) is 54.1 Å². The second-order valence-electron chi connectivity index (χ2n) is 6.17. The number of hydrogen-bond acceptors (Lipinski definition) is 2. The van der Waals surface area contributed by atoms with Crippen LogP contribution in [0.5, 0.6) is 0 Å². The molecule has 1 heterocycles. The van der Waals surface area contributed by atoms with Crippen LogP contribution in [0, 0.1) is 5.82 Å². The Bertz CT molecular complexity index is 695. The number of rotatable bonds is 7. The number of halogens is 1. The van der Waals surface area contributed by atoms with Crippen molar-refractivity contribution in [3.63, 3.8) is 0 Å². The molecule has 0 saturated carbocycles. The van der Waals surface area contributed by atoms with E-state index in [-0.39, 0.29) is 5.82 Å². The number of aliphatic imine (C=N–C) groups is 1. The molecular weight excluding hydrogens is 317 g/mol. The Kier molecular flexibility index (Phi) is 6.86. The third kappa shape index (κ3) is 5.24. The highest BCUT2D eigenvalue weighted by Gasteiger charge is 2.09. The van der Waals surface area contributed by atoms with Crippen LogP contribution in [0.15, 0.2) is 47.6 Å². The maximum atomic E-state index is 13.8. The van der Waals surface area contributed by atoms with Gasteiger partial charge in [-0.05, 0) is 30.7 Å². The molecule has 2 rings (SSSR count). The molecule has 0 radical (unpaired) electrons. The fourth-order valence-corrected chi connectivity index (χ4v) is 2.76. The number of para-hydroxylation sites is 1. The SMILES string of the molecule is CN=C(NCCCN(C)c1ccccc1F)N(C)Cc1cccn1C. The molecule has 1 aromatic heterocycles. The zero-order chi connectivity index (χ0) is 18.2. The number of guanidine groups is 1. The molecule has 0 bridgehead atoms. The summed E-state index contributed by atoms with van der Waals surface area (Å²) < 4.78 is 15.9. The largest absolute Gasteiger partial charge is 0.372 e. The molecule has 25 heavy (non-hydrogen) atoms. The molecule has 2 aromatic rings. The average molecular weight is 345 g/mol. The summed E-state index contributed by atoms with van der Waals surface area (Å²) in [6, 6.07) is 11.0. The van der Waals surface area contributed by atoms with E-state index in [9.17, 15) is 4.39 Å². The predicted octanol–water partition coefficient (Wildman–Crippen LogP) is 2.70. The van der Waals surface area contributed by atoms with Gasteiger partial charge in [0.15, 0.2) is 5.96 Å². The topological polar surface area (TPSA) is 35.8 Å². The third-order valence-corrected chi connectivity index (χ3v) is 4.24. The van der Waals surface area contributed by atoms with Crippen molar-refractivity contribution in [1.82, 2.24) is 14.8 Å². The molecular formula is C19H28FN5. The van der Waals surface area contributed by atoms with Gasteiger partial charge in [0.2, 0.25) is 0 Å². The lowest BCUT2D eigenvalue weighted by Gasteiger charge is -2.23. The van der Waals surface area contributed by atoms with Gasteiger partial charge < -0.3 is 19.7 Å². The van der Waals surface area contributed by atoms with Gasteiger partial charge in [0.05, 0.1) is 12.2 Å². The number of nitrogens with zero attached hydrogens (tertiary/aromatic N) is 4. The molecule has 0 spiro atoms. The van der Waals surface area contributed by atoms with Gasteiger partial charge in [-0.15, -0.1) is 0 Å². The predicted molar refractivity (Wildman–Crippen MR) is 103 cm³/mol. The molecule has 0 atom stereocenters. The Morgan fingerprint density at radius 3 is 2.60 bits per heavy atom. The molecule has 0 aliphatic carbocycles. The minimum Gasteiger partial charge on any atom is -0.372 e. The zero-order valence-corrected chi connectivity index (χ0v) is 15.5. The Morgan fingerprint density at radius 2 is 1.96 bits per heavy atom. The molecule has 6 heteroatoms. The molecule has 136 valence electrons. The summed E-state index contributed by atoms with van der Waals surface area (Å²) in [6.45, 7) is 2.34. The fraction of sp³-hybridized carbons (Fsp3) is 0.421. The van der Waals surface area contributed by atoms with Crippen LogP contribution in [0.2, 0.25) is 0 Å². The first-order valence-corrected chi connectivity index (χ1v) is 8.50. The van der Waals surface area contributed by atoms with E-state index in [2.05, 4.69) is 25.8 Å². The Morgan fingerprint density at radius 1 is 1.20 bits per heavy atom. The molecule has 1 aromatic carbocycles. The van der Waals surface area contributed by atoms with Crippen molar-refractivity contribution < 1.29 is 4.39 Å². The van der Waals surface area contributed by atoms with Gasteiger partial charge in [0, 0.05) is 53.2 Å². The number of anilines is 1. The molecule has 1 N–H and O–H groups in total. The smallest absolute Gasteiger partial charge is 0.193 e. The molecule has 0 unspecified atom stereocenters. The van der Waals surface area contributed by atoms with Gasteiger partial charge in [0.1, 0.15) is 5.82 Å². The number of hydrogen-bond donors (Lipinski definition) is 1. The maximum absolute atomic E-state index is 13.8. The lowest BCUT2D eigenvalue weighted by atomic mass is 10.2. The summed E-state index contributed by atoms with van der Waals surface area (Å²) in [6.07, 6.45) is 2.93. The molecule has 5 nitrogen and oxygen atoms in total. The van der Waals surface area contributed by atoms with Gasteiger partial charge in [-0.3, -0.25) is 4.99 Å². The standard InChI is InChI=1S/C19H28FN5/c1-21-19(25(4)15-16-9-7-13-23(16)2)22-12-8-14-24(3)18-11-6-5-10-17(18)20/h5-7,9-11,13H,8,12,14-15H2,1-4H3,(H,21,22). The monoisotopic (exact) mass is 345 g/mol. The van der Waals surface area contributed by atoms with Crippen LogP contribution in [0.4, 0.5) is 10.1 Å². The highest BCUT2D eigenvalue weighted by molar-refractivity contribution is 5.79. The summed E-state index contributed by atoms with van der Waals surface area (Å²) in [5.41, 5.74) is 1.86. The van der Waals surface area contributed by atoms with Crippen LogP contribution in [-0.4, -0.2) is 49.7 Å². The highest BCUT2D eigenvalue weighted by atomic mass is 19.1. The van der Waals surface area contributed by atoms with E-state index < -0.39 is 0 Å². The zero-order valence-electron chi connectivity index (χ0n) is 15.5. The summed E-state index contributed by atoms with van der Waals surface area (Å²) >= 11 is 0. The van der Waals surface area contributed by atoms with Crippen molar-refractivity contribution in [3.8, 4) is 0 Å². The second kappa shape index (κ2) is 9.11. The second-order valence-corrected chi connectivity index (χ2v) is 6.17. The third-order valence-electron chi connectivity index (χ3n) is 4.24. The molecule has 0 saturated heterocycles. The van der Waals surface area contributed by atoms with Crippen molar-refractivity contribution in [1.29, 1.82) is 0 Å². The van der Waals surface area contributed by atoms with Gasteiger partial charge >= 0.3 is 0 Å². The summed E-state index contributed by atoms with van der Waals surface area (Å²) in [7, 11) is 7.76. The van der Waals surface area contributed by atoms with Crippen LogP contribution in [0.1, 0.15) is 12.1 Å². The van der Waals surface area contributed by atoms with Crippen LogP contribution >= 0.6 is 0 Å². The van der Waals surface area contributed by atoms with Crippen molar-refractivity contribution in [2.24, 2.45) is 12.0 Å².